The quantitative estimate of drug-likeness (QED) is 0.828. The van der Waals surface area contributed by atoms with Crippen LogP contribution in [0.3, 0.4) is 0 Å². The predicted octanol–water partition coefficient (Wildman–Crippen LogP) is 0.740. The zero-order chi connectivity index (χ0) is 15.2. The second-order valence-electron chi connectivity index (χ2n) is 5.09. The first-order valence-corrected chi connectivity index (χ1v) is 7.25. The average molecular weight is 299 g/mol. The highest BCUT2D eigenvalue weighted by molar-refractivity contribution is 5.94. The third-order valence-corrected chi connectivity index (χ3v) is 3.67. The van der Waals surface area contributed by atoms with Crippen LogP contribution in [-0.4, -0.2) is 56.8 Å². The molecule has 0 radical (unpaired) electrons. The van der Waals surface area contributed by atoms with E-state index in [0.717, 1.165) is 18.5 Å². The largest absolute Gasteiger partial charge is 0.377 e. The van der Waals surface area contributed by atoms with Gasteiger partial charge in [0, 0.05) is 25.1 Å². The van der Waals surface area contributed by atoms with Crippen molar-refractivity contribution in [2.24, 2.45) is 0 Å². The van der Waals surface area contributed by atoms with Gasteiger partial charge in [-0.1, -0.05) is 0 Å². The van der Waals surface area contributed by atoms with Crippen LogP contribution in [0.4, 0.5) is 0 Å². The molecule has 2 aromatic rings. The van der Waals surface area contributed by atoms with Crippen LogP contribution in [0.2, 0.25) is 0 Å². The fourth-order valence-corrected chi connectivity index (χ4v) is 2.52. The minimum atomic E-state index is -0.0256. The Morgan fingerprint density at radius 1 is 1.27 bits per heavy atom. The van der Waals surface area contributed by atoms with E-state index in [-0.39, 0.29) is 11.9 Å². The Balaban J connectivity index is 1.67. The highest BCUT2D eigenvalue weighted by Gasteiger charge is 2.28. The first-order chi connectivity index (χ1) is 10.8. The zero-order valence-electron chi connectivity index (χ0n) is 12.1. The molecule has 7 heteroatoms. The van der Waals surface area contributed by atoms with Gasteiger partial charge in [0.2, 0.25) is 0 Å². The normalized spacial score (nSPS) is 18.2. The van der Waals surface area contributed by atoms with Crippen molar-refractivity contribution in [2.75, 3.05) is 19.8 Å². The molecule has 0 saturated carbocycles. The standard InChI is InChI=1S/C15H17N5O2/c21-15(12-3-4-18-19-9-12)20-7-8-22-11-14(20)2-1-13-10-16-5-6-17-13/h3-6,9-10,14H,1-2,7-8,11H2. The lowest BCUT2D eigenvalue weighted by atomic mass is 10.1. The Morgan fingerprint density at radius 3 is 3.00 bits per heavy atom. The third kappa shape index (κ3) is 3.43. The monoisotopic (exact) mass is 299 g/mol. The molecule has 3 heterocycles. The third-order valence-electron chi connectivity index (χ3n) is 3.67. The molecule has 114 valence electrons. The van der Waals surface area contributed by atoms with Crippen LogP contribution < -0.4 is 0 Å². The van der Waals surface area contributed by atoms with Crippen molar-refractivity contribution in [3.63, 3.8) is 0 Å². The van der Waals surface area contributed by atoms with Gasteiger partial charge < -0.3 is 9.64 Å². The Labute approximate surface area is 128 Å². The van der Waals surface area contributed by atoms with Crippen molar-refractivity contribution >= 4 is 5.91 Å². The van der Waals surface area contributed by atoms with Gasteiger partial charge in [0.05, 0.1) is 42.9 Å². The van der Waals surface area contributed by atoms with Gasteiger partial charge in [-0.2, -0.15) is 10.2 Å². The number of rotatable bonds is 4. The fourth-order valence-electron chi connectivity index (χ4n) is 2.52. The van der Waals surface area contributed by atoms with Gasteiger partial charge in [0.1, 0.15) is 0 Å². The average Bonchev–Trinajstić information content (AvgIpc) is 2.61. The van der Waals surface area contributed by atoms with Crippen molar-refractivity contribution in [3.05, 3.63) is 48.3 Å². The Morgan fingerprint density at radius 2 is 2.23 bits per heavy atom. The predicted molar refractivity (Wildman–Crippen MR) is 78.0 cm³/mol. The van der Waals surface area contributed by atoms with E-state index in [0.29, 0.717) is 25.3 Å². The smallest absolute Gasteiger partial charge is 0.255 e. The van der Waals surface area contributed by atoms with E-state index in [1.807, 2.05) is 4.90 Å². The maximum absolute atomic E-state index is 12.6. The highest BCUT2D eigenvalue weighted by Crippen LogP contribution is 2.16. The number of morpholine rings is 1. The summed E-state index contributed by atoms with van der Waals surface area (Å²) in [5, 5.41) is 7.48. The number of hydrogen-bond donors (Lipinski definition) is 0. The highest BCUT2D eigenvalue weighted by atomic mass is 16.5. The maximum Gasteiger partial charge on any atom is 0.255 e. The molecule has 0 aromatic carbocycles. The van der Waals surface area contributed by atoms with Gasteiger partial charge in [-0.15, -0.1) is 0 Å². The van der Waals surface area contributed by atoms with Gasteiger partial charge in [-0.3, -0.25) is 14.8 Å². The number of aromatic nitrogens is 4. The lowest BCUT2D eigenvalue weighted by Gasteiger charge is -2.35. The maximum atomic E-state index is 12.6. The molecule has 0 N–H and O–H groups in total. The lowest BCUT2D eigenvalue weighted by Crippen LogP contribution is -2.49. The van der Waals surface area contributed by atoms with Crippen molar-refractivity contribution in [2.45, 2.75) is 18.9 Å². The molecule has 1 fully saturated rings. The van der Waals surface area contributed by atoms with Gasteiger partial charge in [-0.05, 0) is 18.9 Å². The molecule has 1 amide bonds. The van der Waals surface area contributed by atoms with Crippen LogP contribution in [0, 0.1) is 0 Å². The number of ether oxygens (including phenoxy) is 1. The van der Waals surface area contributed by atoms with E-state index in [2.05, 4.69) is 20.2 Å². The minimum absolute atomic E-state index is 0.0256. The van der Waals surface area contributed by atoms with Crippen LogP contribution in [-0.2, 0) is 11.2 Å². The molecule has 22 heavy (non-hydrogen) atoms. The number of hydrogen-bond acceptors (Lipinski definition) is 6. The molecule has 1 unspecified atom stereocenters. The summed E-state index contributed by atoms with van der Waals surface area (Å²) in [7, 11) is 0. The van der Waals surface area contributed by atoms with Crippen molar-refractivity contribution in [1.82, 2.24) is 25.1 Å². The lowest BCUT2D eigenvalue weighted by molar-refractivity contribution is -0.00416. The molecular formula is C15H17N5O2. The number of carbonyl (C=O) groups is 1. The van der Waals surface area contributed by atoms with Crippen LogP contribution in [0.1, 0.15) is 22.5 Å². The number of carbonyl (C=O) groups excluding carboxylic acids is 1. The summed E-state index contributed by atoms with van der Waals surface area (Å²) >= 11 is 0. The molecule has 3 rings (SSSR count). The van der Waals surface area contributed by atoms with Crippen LogP contribution in [0.15, 0.2) is 37.1 Å². The number of nitrogens with zero attached hydrogens (tertiary/aromatic N) is 5. The molecule has 0 aliphatic carbocycles. The first kappa shape index (κ1) is 14.5. The molecule has 1 aliphatic rings. The van der Waals surface area contributed by atoms with Crippen LogP contribution in [0.25, 0.3) is 0 Å². The van der Waals surface area contributed by atoms with E-state index in [1.54, 1.807) is 24.7 Å². The second-order valence-corrected chi connectivity index (χ2v) is 5.09. The Bertz CT molecular complexity index is 608. The van der Waals surface area contributed by atoms with Gasteiger partial charge >= 0.3 is 0 Å². The summed E-state index contributed by atoms with van der Waals surface area (Å²) in [5.74, 6) is -0.0256. The topological polar surface area (TPSA) is 81.1 Å². The summed E-state index contributed by atoms with van der Waals surface area (Å²) in [6.07, 6.45) is 9.67. The van der Waals surface area contributed by atoms with E-state index in [9.17, 15) is 4.79 Å². The SMILES string of the molecule is O=C(c1ccnnc1)N1CCOCC1CCc1cnccn1. The van der Waals surface area contributed by atoms with Crippen molar-refractivity contribution in [3.8, 4) is 0 Å². The summed E-state index contributed by atoms with van der Waals surface area (Å²) in [6.45, 7) is 1.70. The minimum Gasteiger partial charge on any atom is -0.377 e. The molecular weight excluding hydrogens is 282 g/mol. The molecule has 1 atom stereocenters. The van der Waals surface area contributed by atoms with E-state index in [1.165, 1.54) is 12.4 Å². The van der Waals surface area contributed by atoms with Gasteiger partial charge in [0.25, 0.3) is 5.91 Å². The molecule has 1 saturated heterocycles. The van der Waals surface area contributed by atoms with Crippen molar-refractivity contribution in [1.29, 1.82) is 0 Å². The summed E-state index contributed by atoms with van der Waals surface area (Å²) in [6, 6.07) is 1.72. The number of amides is 1. The van der Waals surface area contributed by atoms with Crippen LogP contribution >= 0.6 is 0 Å². The fraction of sp³-hybridized carbons (Fsp3) is 0.400. The molecule has 0 bridgehead atoms. The van der Waals surface area contributed by atoms with Gasteiger partial charge in [-0.25, -0.2) is 0 Å². The molecule has 2 aromatic heterocycles. The van der Waals surface area contributed by atoms with Crippen LogP contribution in [0.5, 0.6) is 0 Å². The van der Waals surface area contributed by atoms with E-state index in [4.69, 9.17) is 4.74 Å². The van der Waals surface area contributed by atoms with E-state index >= 15 is 0 Å². The number of aryl methyl sites for hydroxylation is 1. The summed E-state index contributed by atoms with van der Waals surface area (Å²) < 4.78 is 5.53. The van der Waals surface area contributed by atoms with Gasteiger partial charge in [0.15, 0.2) is 0 Å². The first-order valence-electron chi connectivity index (χ1n) is 7.25. The van der Waals surface area contributed by atoms with Crippen molar-refractivity contribution < 1.29 is 9.53 Å². The second kappa shape index (κ2) is 7.04. The molecule has 0 spiro atoms. The molecule has 1 aliphatic heterocycles. The molecule has 7 nitrogen and oxygen atoms in total. The summed E-state index contributed by atoms with van der Waals surface area (Å²) in [4.78, 5) is 22.8. The Kier molecular flexibility index (Phi) is 4.65. The summed E-state index contributed by atoms with van der Waals surface area (Å²) in [5.41, 5.74) is 1.48. The Hall–Kier alpha value is -2.41. The van der Waals surface area contributed by atoms with E-state index < -0.39 is 0 Å². The zero-order valence-corrected chi connectivity index (χ0v) is 12.1.